The van der Waals surface area contributed by atoms with Gasteiger partial charge in [-0.3, -0.25) is 0 Å². The molecule has 0 aliphatic rings. The summed E-state index contributed by atoms with van der Waals surface area (Å²) in [6, 6.07) is 1.57. The topological polar surface area (TPSA) is 76.2 Å². The number of anilines is 1. The molecule has 0 spiro atoms. The molecular weight excluding hydrogens is 214 g/mol. The minimum Gasteiger partial charge on any atom is -0.494 e. The molecule has 0 fully saturated rings. The molecule has 6 nitrogen and oxygen atoms in total. The molecule has 0 aliphatic carbocycles. The van der Waals surface area contributed by atoms with Gasteiger partial charge in [-0.1, -0.05) is 0 Å². The quantitative estimate of drug-likeness (QED) is 0.529. The summed E-state index contributed by atoms with van der Waals surface area (Å²) in [4.78, 5) is 1.90. The maximum atomic E-state index is 9.06. The molecule has 1 aromatic heterocycles. The molecule has 0 saturated heterocycles. The van der Waals surface area contributed by atoms with Crippen LogP contribution in [0.25, 0.3) is 0 Å². The van der Waals surface area contributed by atoms with E-state index >= 15 is 0 Å². The van der Waals surface area contributed by atoms with Crippen LogP contribution < -0.4 is 15.5 Å². The van der Waals surface area contributed by atoms with Crippen molar-refractivity contribution in [2.45, 2.75) is 0 Å². The van der Waals surface area contributed by atoms with E-state index < -0.39 is 0 Å². The molecule has 0 atom stereocenters. The van der Waals surface area contributed by atoms with Gasteiger partial charge in [-0.2, -0.15) is 5.10 Å². The number of hydrogen-bond acceptors (Lipinski definition) is 4. The van der Waals surface area contributed by atoms with Crippen molar-refractivity contribution in [2.75, 3.05) is 32.1 Å². The highest BCUT2D eigenvalue weighted by Crippen LogP contribution is 2.13. The fraction of sp³-hybridized carbons (Fsp3) is 0.500. The zero-order chi connectivity index (χ0) is 11.3. The Hall–Kier alpha value is -1.50. The first-order valence-electron chi connectivity index (χ1n) is 4.54. The minimum absolute atomic E-state index is 0.0653. The van der Waals surface area contributed by atoms with E-state index in [1.54, 1.807) is 13.1 Å². The highest BCUT2D eigenvalue weighted by atomic mass is 32.1. The largest absolute Gasteiger partial charge is 0.494 e. The molecule has 1 rings (SSSR count). The van der Waals surface area contributed by atoms with Crippen molar-refractivity contribution < 1.29 is 5.11 Å². The monoisotopic (exact) mass is 229 g/mol. The van der Waals surface area contributed by atoms with Crippen LogP contribution >= 0.6 is 12.2 Å². The predicted octanol–water partition coefficient (Wildman–Crippen LogP) is -0.355. The van der Waals surface area contributed by atoms with E-state index in [0.717, 1.165) is 6.54 Å². The third kappa shape index (κ3) is 3.62. The second kappa shape index (κ2) is 5.40. The fourth-order valence-corrected chi connectivity index (χ4v) is 1.14. The number of aromatic hydroxyl groups is 1. The van der Waals surface area contributed by atoms with E-state index in [0.29, 0.717) is 17.5 Å². The summed E-state index contributed by atoms with van der Waals surface area (Å²) in [5, 5.41) is 21.9. The molecule has 0 bridgehead atoms. The first kappa shape index (κ1) is 11.6. The summed E-state index contributed by atoms with van der Waals surface area (Å²) in [5.41, 5.74) is 0. The van der Waals surface area contributed by atoms with Crippen molar-refractivity contribution in [3.8, 4) is 5.88 Å². The molecule has 0 unspecified atom stereocenters. The number of thiocarbonyl (C=S) groups is 1. The number of rotatable bonds is 4. The number of hydrogen-bond donors (Lipinski definition) is 4. The Morgan fingerprint density at radius 1 is 1.73 bits per heavy atom. The summed E-state index contributed by atoms with van der Waals surface area (Å²) >= 11 is 4.93. The maximum Gasteiger partial charge on any atom is 0.208 e. The van der Waals surface area contributed by atoms with Crippen LogP contribution in [0.5, 0.6) is 5.88 Å². The summed E-state index contributed by atoms with van der Waals surface area (Å²) in [7, 11) is 3.66. The predicted molar refractivity (Wildman–Crippen MR) is 63.2 cm³/mol. The zero-order valence-electron chi connectivity index (χ0n) is 8.74. The van der Waals surface area contributed by atoms with Crippen LogP contribution in [-0.4, -0.2) is 47.6 Å². The molecule has 0 aliphatic heterocycles. The Labute approximate surface area is 93.7 Å². The average molecular weight is 229 g/mol. The van der Waals surface area contributed by atoms with E-state index in [2.05, 4.69) is 20.8 Å². The number of likely N-dealkylation sites (N-methyl/N-ethyl adjacent to an activating group) is 1. The Morgan fingerprint density at radius 3 is 3.00 bits per heavy atom. The van der Waals surface area contributed by atoms with Gasteiger partial charge >= 0.3 is 0 Å². The lowest BCUT2D eigenvalue weighted by Gasteiger charge is -2.16. The number of nitrogens with zero attached hydrogens (tertiary/aromatic N) is 2. The average Bonchev–Trinajstić information content (AvgIpc) is 2.64. The third-order valence-corrected chi connectivity index (χ3v) is 2.25. The molecule has 1 aromatic rings. The molecule has 0 aromatic carbocycles. The summed E-state index contributed by atoms with van der Waals surface area (Å²) in [6.07, 6.45) is 0. The van der Waals surface area contributed by atoms with Gasteiger partial charge < -0.3 is 20.6 Å². The summed E-state index contributed by atoms with van der Waals surface area (Å²) < 4.78 is 0. The maximum absolute atomic E-state index is 9.06. The smallest absolute Gasteiger partial charge is 0.208 e. The molecule has 0 amide bonds. The van der Waals surface area contributed by atoms with Crippen molar-refractivity contribution in [1.82, 2.24) is 20.8 Å². The van der Waals surface area contributed by atoms with Gasteiger partial charge in [0, 0.05) is 33.3 Å². The van der Waals surface area contributed by atoms with E-state index in [1.165, 1.54) is 0 Å². The number of aromatic amines is 1. The van der Waals surface area contributed by atoms with Crippen LogP contribution in [0, 0.1) is 0 Å². The van der Waals surface area contributed by atoms with Crippen LogP contribution in [0.4, 0.5) is 5.82 Å². The van der Waals surface area contributed by atoms with Crippen LogP contribution in [0.1, 0.15) is 0 Å². The van der Waals surface area contributed by atoms with Crippen LogP contribution in [0.2, 0.25) is 0 Å². The standard InChI is InChI=1S/C8H15N5OS/c1-9-8(15)10-3-4-13(2)6-5-7(14)12-11-6/h5H,3-4H2,1-2H3,(H2,9,10,15)(H2,11,12,14). The van der Waals surface area contributed by atoms with Gasteiger partial charge in [0.1, 0.15) is 0 Å². The van der Waals surface area contributed by atoms with Gasteiger partial charge in [0.05, 0.1) is 0 Å². The van der Waals surface area contributed by atoms with E-state index in [9.17, 15) is 0 Å². The van der Waals surface area contributed by atoms with Crippen molar-refractivity contribution in [1.29, 1.82) is 0 Å². The van der Waals surface area contributed by atoms with Crippen LogP contribution in [0.3, 0.4) is 0 Å². The molecule has 84 valence electrons. The minimum atomic E-state index is 0.0653. The first-order valence-corrected chi connectivity index (χ1v) is 4.95. The van der Waals surface area contributed by atoms with Crippen molar-refractivity contribution in [3.63, 3.8) is 0 Å². The Morgan fingerprint density at radius 2 is 2.47 bits per heavy atom. The molecular formula is C8H15N5OS. The fourth-order valence-electron chi connectivity index (χ4n) is 1.04. The molecule has 15 heavy (non-hydrogen) atoms. The van der Waals surface area contributed by atoms with Crippen LogP contribution in [-0.2, 0) is 0 Å². The van der Waals surface area contributed by atoms with Gasteiger partial charge in [-0.05, 0) is 12.2 Å². The third-order valence-electron chi connectivity index (χ3n) is 1.90. The zero-order valence-corrected chi connectivity index (χ0v) is 9.56. The van der Waals surface area contributed by atoms with E-state index in [-0.39, 0.29) is 5.88 Å². The van der Waals surface area contributed by atoms with Gasteiger partial charge in [0.2, 0.25) is 5.88 Å². The van der Waals surface area contributed by atoms with Gasteiger partial charge in [-0.25, -0.2) is 5.10 Å². The molecule has 0 saturated carbocycles. The van der Waals surface area contributed by atoms with Crippen molar-refractivity contribution in [3.05, 3.63) is 6.07 Å². The number of aromatic nitrogens is 2. The van der Waals surface area contributed by atoms with Crippen molar-refractivity contribution in [2.24, 2.45) is 0 Å². The lowest BCUT2D eigenvalue weighted by atomic mass is 10.5. The Bertz CT molecular complexity index is 327. The summed E-state index contributed by atoms with van der Waals surface area (Å²) in [6.45, 7) is 1.45. The molecule has 1 heterocycles. The highest BCUT2D eigenvalue weighted by Gasteiger charge is 2.04. The van der Waals surface area contributed by atoms with E-state index in [1.807, 2.05) is 11.9 Å². The SMILES string of the molecule is CNC(=S)NCCN(C)c1cc(O)[nH]n1. The molecule has 7 heteroatoms. The van der Waals surface area contributed by atoms with Gasteiger partial charge in [0.25, 0.3) is 0 Å². The second-order valence-electron chi connectivity index (χ2n) is 3.04. The normalized spacial score (nSPS) is 9.73. The highest BCUT2D eigenvalue weighted by molar-refractivity contribution is 7.80. The van der Waals surface area contributed by atoms with Crippen molar-refractivity contribution >= 4 is 23.1 Å². The van der Waals surface area contributed by atoms with Gasteiger partial charge in [-0.15, -0.1) is 0 Å². The second-order valence-corrected chi connectivity index (χ2v) is 3.45. The lowest BCUT2D eigenvalue weighted by Crippen LogP contribution is -2.37. The lowest BCUT2D eigenvalue weighted by molar-refractivity contribution is 0.452. The van der Waals surface area contributed by atoms with Crippen LogP contribution in [0.15, 0.2) is 6.07 Å². The van der Waals surface area contributed by atoms with Gasteiger partial charge in [0.15, 0.2) is 10.9 Å². The summed E-state index contributed by atoms with van der Waals surface area (Å²) in [5.74, 6) is 0.764. The van der Waals surface area contributed by atoms with E-state index in [4.69, 9.17) is 17.3 Å². The Kier molecular flexibility index (Phi) is 4.17. The molecule has 0 radical (unpaired) electrons. The number of H-pyrrole nitrogens is 1. The Balaban J connectivity index is 2.30. The molecule has 4 N–H and O–H groups in total. The first-order chi connectivity index (χ1) is 7.13. The number of nitrogens with one attached hydrogen (secondary N) is 3.